The number of amides is 4. The van der Waals surface area contributed by atoms with Crippen molar-refractivity contribution in [3.05, 3.63) is 119 Å². The summed E-state index contributed by atoms with van der Waals surface area (Å²) in [5.74, 6) is 0. The highest BCUT2D eigenvalue weighted by atomic mass is 32.2. The third-order valence-corrected chi connectivity index (χ3v) is 8.64. The molecule has 0 bridgehead atoms. The third-order valence-electron chi connectivity index (χ3n) is 5.95. The van der Waals surface area contributed by atoms with Crippen molar-refractivity contribution in [1.82, 2.24) is 9.44 Å². The molecule has 4 amide bonds. The summed E-state index contributed by atoms with van der Waals surface area (Å²) in [5, 5.41) is 5.01. The zero-order valence-corrected chi connectivity index (χ0v) is 23.8. The summed E-state index contributed by atoms with van der Waals surface area (Å²) >= 11 is 0. The van der Waals surface area contributed by atoms with Crippen molar-refractivity contribution < 1.29 is 26.4 Å². The fourth-order valence-electron chi connectivity index (χ4n) is 3.76. The van der Waals surface area contributed by atoms with Gasteiger partial charge < -0.3 is 10.6 Å². The van der Waals surface area contributed by atoms with E-state index in [1.165, 1.54) is 24.3 Å². The van der Waals surface area contributed by atoms with E-state index in [2.05, 4.69) is 10.6 Å². The maximum absolute atomic E-state index is 12.4. The van der Waals surface area contributed by atoms with Gasteiger partial charge in [-0.25, -0.2) is 35.9 Å². The van der Waals surface area contributed by atoms with Crippen molar-refractivity contribution in [3.8, 4) is 0 Å². The second-order valence-electron chi connectivity index (χ2n) is 9.32. The molecule has 212 valence electrons. The lowest BCUT2D eigenvalue weighted by atomic mass is 10.0. The monoisotopic (exact) mass is 592 g/mol. The van der Waals surface area contributed by atoms with E-state index in [0.717, 1.165) is 22.3 Å². The van der Waals surface area contributed by atoms with Gasteiger partial charge in [-0.15, -0.1) is 0 Å². The van der Waals surface area contributed by atoms with Crippen molar-refractivity contribution in [2.24, 2.45) is 0 Å². The minimum atomic E-state index is -4.00. The molecule has 0 aliphatic carbocycles. The normalized spacial score (nSPS) is 11.4. The van der Waals surface area contributed by atoms with Crippen LogP contribution in [0.1, 0.15) is 22.3 Å². The van der Waals surface area contributed by atoms with Crippen LogP contribution in [-0.2, 0) is 26.5 Å². The van der Waals surface area contributed by atoms with Crippen LogP contribution in [0.15, 0.2) is 107 Å². The summed E-state index contributed by atoms with van der Waals surface area (Å²) < 4.78 is 53.5. The first-order chi connectivity index (χ1) is 19.4. The summed E-state index contributed by atoms with van der Waals surface area (Å²) in [5.41, 5.74) is 4.47. The molecule has 0 radical (unpaired) electrons. The molecule has 41 heavy (non-hydrogen) atoms. The topological polar surface area (TPSA) is 151 Å². The van der Waals surface area contributed by atoms with Gasteiger partial charge in [0.2, 0.25) is 0 Å². The van der Waals surface area contributed by atoms with E-state index in [0.29, 0.717) is 17.8 Å². The second-order valence-corrected chi connectivity index (χ2v) is 12.7. The number of hydrogen-bond donors (Lipinski definition) is 4. The summed E-state index contributed by atoms with van der Waals surface area (Å²) in [7, 11) is -8.00. The van der Waals surface area contributed by atoms with E-state index in [1.807, 2.05) is 23.3 Å². The quantitative estimate of drug-likeness (QED) is 0.228. The van der Waals surface area contributed by atoms with Crippen molar-refractivity contribution in [2.75, 3.05) is 10.6 Å². The van der Waals surface area contributed by atoms with E-state index >= 15 is 0 Å². The molecule has 0 fully saturated rings. The first-order valence-electron chi connectivity index (χ1n) is 12.4. The van der Waals surface area contributed by atoms with Crippen molar-refractivity contribution in [1.29, 1.82) is 0 Å². The van der Waals surface area contributed by atoms with Gasteiger partial charge in [0, 0.05) is 11.4 Å². The van der Waals surface area contributed by atoms with Crippen molar-refractivity contribution in [3.63, 3.8) is 0 Å². The number of nitrogens with one attached hydrogen (secondary N) is 4. The van der Waals surface area contributed by atoms with E-state index in [-0.39, 0.29) is 9.79 Å². The molecule has 0 spiro atoms. The molecule has 0 aromatic heterocycles. The Hall–Kier alpha value is -4.68. The highest BCUT2D eigenvalue weighted by molar-refractivity contribution is 7.90. The molecular weight excluding hydrogens is 564 g/mol. The largest absolute Gasteiger partial charge is 0.333 e. The van der Waals surface area contributed by atoms with Crippen molar-refractivity contribution in [2.45, 2.75) is 30.1 Å². The predicted molar refractivity (Wildman–Crippen MR) is 157 cm³/mol. The molecule has 4 aromatic rings. The lowest BCUT2D eigenvalue weighted by molar-refractivity contribution is 0.255. The number of sulfonamides is 2. The van der Waals surface area contributed by atoms with Crippen LogP contribution in [-0.4, -0.2) is 28.9 Å². The Morgan fingerprint density at radius 3 is 1.15 bits per heavy atom. The van der Waals surface area contributed by atoms with Gasteiger partial charge in [0.05, 0.1) is 9.79 Å². The second kappa shape index (κ2) is 12.2. The highest BCUT2D eigenvalue weighted by Crippen LogP contribution is 2.17. The Morgan fingerprint density at radius 2 is 0.829 bits per heavy atom. The number of anilines is 2. The Bertz CT molecular complexity index is 1620. The van der Waals surface area contributed by atoms with Gasteiger partial charge in [-0.05, 0) is 79.9 Å². The lowest BCUT2D eigenvalue weighted by Crippen LogP contribution is -2.34. The molecule has 0 saturated carbocycles. The number of carbonyl (C=O) groups is 2. The smallest absolute Gasteiger partial charge is 0.307 e. The van der Waals surface area contributed by atoms with Gasteiger partial charge in [0.25, 0.3) is 20.0 Å². The molecule has 0 aliphatic rings. The maximum Gasteiger partial charge on any atom is 0.333 e. The number of rotatable bonds is 8. The van der Waals surface area contributed by atoms with Crippen LogP contribution in [0.3, 0.4) is 0 Å². The predicted octanol–water partition coefficient (Wildman–Crippen LogP) is 4.92. The molecule has 4 aromatic carbocycles. The van der Waals surface area contributed by atoms with E-state index in [9.17, 15) is 26.4 Å². The van der Waals surface area contributed by atoms with Crippen LogP contribution in [0, 0.1) is 13.8 Å². The number of aryl methyl sites for hydroxylation is 2. The van der Waals surface area contributed by atoms with Crippen LogP contribution >= 0.6 is 0 Å². The summed E-state index contributed by atoms with van der Waals surface area (Å²) in [6, 6.07) is 24.3. The van der Waals surface area contributed by atoms with Crippen LogP contribution < -0.4 is 20.1 Å². The minimum Gasteiger partial charge on any atom is -0.307 e. The molecule has 4 N–H and O–H groups in total. The Morgan fingerprint density at radius 1 is 0.512 bits per heavy atom. The lowest BCUT2D eigenvalue weighted by Gasteiger charge is -2.10. The molecule has 12 heteroatoms. The Balaban J connectivity index is 1.29. The minimum absolute atomic E-state index is 0.0114. The standard InChI is InChI=1S/C29H28N4O6S2/c1-20-3-15-26(16-4-20)40(36,37)32-28(34)30-24-11-7-22(8-12-24)19-23-9-13-25(14-10-23)31-29(35)33-41(38,39)27-17-5-21(2)6-18-27/h3-18H,19H2,1-2H3,(H2,30,32,34)(H2,31,33,35). The molecule has 4 rings (SSSR count). The molecule has 0 saturated heterocycles. The van der Waals surface area contributed by atoms with Crippen LogP contribution in [0.5, 0.6) is 0 Å². The first kappa shape index (κ1) is 29.3. The van der Waals surface area contributed by atoms with Gasteiger partial charge in [-0.2, -0.15) is 0 Å². The molecular formula is C29H28N4O6S2. The average Bonchev–Trinajstić information content (AvgIpc) is 2.91. The van der Waals surface area contributed by atoms with Crippen LogP contribution in [0.2, 0.25) is 0 Å². The van der Waals surface area contributed by atoms with Gasteiger partial charge in [-0.3, -0.25) is 0 Å². The van der Waals surface area contributed by atoms with E-state index in [4.69, 9.17) is 0 Å². The fourth-order valence-corrected chi connectivity index (χ4v) is 5.57. The summed E-state index contributed by atoms with van der Waals surface area (Å²) in [6.07, 6.45) is 0.544. The molecule has 10 nitrogen and oxygen atoms in total. The molecule has 0 unspecified atom stereocenters. The SMILES string of the molecule is Cc1ccc(S(=O)(=O)NC(=O)Nc2ccc(Cc3ccc(NC(=O)NS(=O)(=O)c4ccc(C)cc4)cc3)cc2)cc1. The average molecular weight is 593 g/mol. The number of carbonyl (C=O) groups excluding carboxylic acids is 2. The van der Waals surface area contributed by atoms with E-state index < -0.39 is 32.1 Å². The Kier molecular flexibility index (Phi) is 8.74. The Labute approximate surface area is 238 Å². The number of urea groups is 2. The van der Waals surface area contributed by atoms with Crippen molar-refractivity contribution >= 4 is 43.5 Å². The van der Waals surface area contributed by atoms with E-state index in [1.54, 1.807) is 72.8 Å². The maximum atomic E-state index is 12.4. The highest BCUT2D eigenvalue weighted by Gasteiger charge is 2.18. The van der Waals surface area contributed by atoms with Gasteiger partial charge in [0.1, 0.15) is 0 Å². The summed E-state index contributed by atoms with van der Waals surface area (Å²) in [6.45, 7) is 3.66. The summed E-state index contributed by atoms with van der Waals surface area (Å²) in [4.78, 5) is 24.5. The third kappa shape index (κ3) is 8.16. The zero-order valence-electron chi connectivity index (χ0n) is 22.2. The van der Waals surface area contributed by atoms with Gasteiger partial charge in [0.15, 0.2) is 0 Å². The number of benzene rings is 4. The zero-order chi connectivity index (χ0) is 29.6. The fraction of sp³-hybridized carbons (Fsp3) is 0.103. The van der Waals surface area contributed by atoms with Gasteiger partial charge in [-0.1, -0.05) is 59.7 Å². The van der Waals surface area contributed by atoms with Crippen LogP contribution in [0.4, 0.5) is 21.0 Å². The molecule has 0 heterocycles. The van der Waals surface area contributed by atoms with Gasteiger partial charge >= 0.3 is 12.1 Å². The van der Waals surface area contributed by atoms with Crippen LogP contribution in [0.25, 0.3) is 0 Å². The molecule has 0 aliphatic heterocycles. The number of hydrogen-bond acceptors (Lipinski definition) is 6. The first-order valence-corrected chi connectivity index (χ1v) is 15.4. The molecule has 0 atom stereocenters.